The lowest BCUT2D eigenvalue weighted by molar-refractivity contribution is 0.732. The van der Waals surface area contributed by atoms with E-state index < -0.39 is 65.8 Å². The van der Waals surface area contributed by atoms with E-state index in [9.17, 15) is 0 Å². The fraction of sp³-hybridized carbons (Fsp3) is 0.0556. The second-order valence-electron chi connectivity index (χ2n) is 14.7. The molecule has 0 bridgehead atoms. The van der Waals surface area contributed by atoms with Gasteiger partial charge in [-0.15, -0.1) is 0 Å². The summed E-state index contributed by atoms with van der Waals surface area (Å²) in [5, 5.41) is 4.48. The molecule has 3 heteroatoms. The van der Waals surface area contributed by atoms with Crippen molar-refractivity contribution in [3.8, 4) is 45.3 Å². The Balaban J connectivity index is 1.24. The van der Waals surface area contributed by atoms with Gasteiger partial charge in [-0.1, -0.05) is 194 Å². The topological polar surface area (TPSA) is 38.7 Å². The Labute approximate surface area is 345 Å². The van der Waals surface area contributed by atoms with Crippen LogP contribution in [-0.4, -0.2) is 15.0 Å². The van der Waals surface area contributed by atoms with Crippen LogP contribution in [0.25, 0.3) is 66.8 Å². The van der Waals surface area contributed by atoms with Crippen molar-refractivity contribution < 1.29 is 13.7 Å². The zero-order chi connectivity index (χ0) is 46.2. The molecule has 1 aromatic heterocycles. The lowest BCUT2D eigenvalue weighted by Gasteiger charge is -2.36. The van der Waals surface area contributed by atoms with E-state index in [1.165, 1.54) is 5.56 Å². The number of nitrogens with zero attached hydrogens (tertiary/aromatic N) is 3. The van der Waals surface area contributed by atoms with Crippen LogP contribution >= 0.6 is 0 Å². The number of hydrogen-bond acceptors (Lipinski definition) is 3. The van der Waals surface area contributed by atoms with Gasteiger partial charge in [-0.2, -0.15) is 0 Å². The Morgan fingerprint density at radius 2 is 0.947 bits per heavy atom. The second-order valence-corrected chi connectivity index (χ2v) is 14.7. The lowest BCUT2D eigenvalue weighted by Crippen LogP contribution is -2.30. The van der Waals surface area contributed by atoms with Crippen LogP contribution in [0.1, 0.15) is 58.9 Å². The van der Waals surface area contributed by atoms with E-state index in [1.54, 1.807) is 0 Å². The third-order valence-electron chi connectivity index (χ3n) is 11.9. The molecule has 3 aliphatic rings. The fourth-order valence-corrected chi connectivity index (χ4v) is 9.77. The predicted molar refractivity (Wildman–Crippen MR) is 232 cm³/mol. The standard InChI is InChI=1S/C54H35N3/c1-3-17-34(18-4-1)51-55-52(35-19-5-2-6-20-35)57-53(56-51)36-31-32-42-38-22-8-7-21-37(38)41-25-13-15-29-46(41)54(48(42)33-36)47-30-16-14-28-45(47)49-43-26-11-9-23-39(43)40-24-10-12-27-44(40)50(49)54/h1-33,37-38H/i1D,2D,3D,4D,5D,6D,17D,18D,19D,20D. The van der Waals surface area contributed by atoms with E-state index in [1.807, 2.05) is 6.07 Å². The van der Waals surface area contributed by atoms with Gasteiger partial charge in [0, 0.05) is 28.5 Å². The molecule has 0 saturated carbocycles. The van der Waals surface area contributed by atoms with Gasteiger partial charge < -0.3 is 0 Å². The normalized spacial score (nSPS) is 20.9. The van der Waals surface area contributed by atoms with Crippen LogP contribution in [0.5, 0.6) is 0 Å². The molecule has 12 rings (SSSR count). The monoisotopic (exact) mass is 735 g/mol. The third kappa shape index (κ3) is 4.57. The summed E-state index contributed by atoms with van der Waals surface area (Å²) in [7, 11) is 0. The van der Waals surface area contributed by atoms with Crippen LogP contribution in [0.4, 0.5) is 0 Å². The fourth-order valence-electron chi connectivity index (χ4n) is 9.77. The minimum Gasteiger partial charge on any atom is -0.208 e. The SMILES string of the molecule is [2H]c1c([2H])c([2H])c(-c2nc(-c3ccc4c(c3)C3(c5ccccc5-c5c3c3ccccc3c3ccccc53)c3ccccc3C3C=CC=CC43)nc(-c3c([2H])c([2H])c([2H])c([2H])c3[2H])n2)c([2H])c1[2H]. The van der Waals surface area contributed by atoms with Gasteiger partial charge in [0.2, 0.25) is 0 Å². The maximum atomic E-state index is 8.93. The maximum Gasteiger partial charge on any atom is 0.164 e. The summed E-state index contributed by atoms with van der Waals surface area (Å²) in [5.74, 6) is -0.739. The molecule has 0 N–H and O–H groups in total. The number of benzene rings is 8. The first-order valence-electron chi connectivity index (χ1n) is 24.0. The highest BCUT2D eigenvalue weighted by molar-refractivity contribution is 6.19. The molecule has 1 spiro atoms. The van der Waals surface area contributed by atoms with Crippen molar-refractivity contribution >= 4 is 21.5 Å². The van der Waals surface area contributed by atoms with Crippen LogP contribution in [0.15, 0.2) is 200 Å². The van der Waals surface area contributed by atoms with Crippen LogP contribution in [-0.2, 0) is 5.41 Å². The Morgan fingerprint density at radius 1 is 0.439 bits per heavy atom. The van der Waals surface area contributed by atoms with Crippen molar-refractivity contribution in [1.82, 2.24) is 15.0 Å². The molecular formula is C54H35N3. The lowest BCUT2D eigenvalue weighted by atomic mass is 9.64. The molecule has 3 aliphatic carbocycles. The van der Waals surface area contributed by atoms with Crippen LogP contribution in [0, 0.1) is 0 Å². The molecule has 57 heavy (non-hydrogen) atoms. The van der Waals surface area contributed by atoms with E-state index in [2.05, 4.69) is 138 Å². The average Bonchev–Trinajstić information content (AvgIpc) is 3.63. The molecule has 0 fully saturated rings. The largest absolute Gasteiger partial charge is 0.208 e. The smallest absolute Gasteiger partial charge is 0.164 e. The van der Waals surface area contributed by atoms with Crippen LogP contribution in [0.2, 0.25) is 0 Å². The van der Waals surface area contributed by atoms with E-state index in [0.717, 1.165) is 60.5 Å². The van der Waals surface area contributed by atoms with Gasteiger partial charge in [-0.05, 0) is 72.1 Å². The molecule has 3 atom stereocenters. The highest BCUT2D eigenvalue weighted by Crippen LogP contribution is 2.64. The number of aromatic nitrogens is 3. The highest BCUT2D eigenvalue weighted by atomic mass is 15.0. The minimum absolute atomic E-state index is 0.0135. The molecule has 9 aromatic rings. The van der Waals surface area contributed by atoms with Crippen molar-refractivity contribution in [3.05, 3.63) is 233 Å². The molecule has 1 heterocycles. The van der Waals surface area contributed by atoms with Crippen LogP contribution < -0.4 is 0 Å². The molecular weight excluding hydrogens is 691 g/mol. The van der Waals surface area contributed by atoms with Crippen molar-refractivity contribution in [2.75, 3.05) is 0 Å². The van der Waals surface area contributed by atoms with Gasteiger partial charge in [0.25, 0.3) is 0 Å². The van der Waals surface area contributed by atoms with Gasteiger partial charge in [-0.25, -0.2) is 15.0 Å². The van der Waals surface area contributed by atoms with Gasteiger partial charge in [0.05, 0.1) is 19.1 Å². The van der Waals surface area contributed by atoms with Gasteiger partial charge in [0.15, 0.2) is 17.5 Å². The summed E-state index contributed by atoms with van der Waals surface area (Å²) in [6.07, 6.45) is 8.71. The molecule has 0 radical (unpaired) electrons. The van der Waals surface area contributed by atoms with E-state index in [0.29, 0.717) is 5.56 Å². The summed E-state index contributed by atoms with van der Waals surface area (Å²) < 4.78 is 86.5. The molecule has 0 saturated heterocycles. The van der Waals surface area contributed by atoms with E-state index in [-0.39, 0.29) is 40.4 Å². The molecule has 3 nitrogen and oxygen atoms in total. The van der Waals surface area contributed by atoms with Crippen molar-refractivity contribution in [1.29, 1.82) is 0 Å². The maximum absolute atomic E-state index is 8.93. The van der Waals surface area contributed by atoms with Gasteiger partial charge in [-0.3, -0.25) is 0 Å². The van der Waals surface area contributed by atoms with E-state index >= 15 is 0 Å². The average molecular weight is 736 g/mol. The Kier molecular flexibility index (Phi) is 5.14. The molecule has 0 amide bonds. The molecule has 266 valence electrons. The van der Waals surface area contributed by atoms with E-state index in [4.69, 9.17) is 23.7 Å². The van der Waals surface area contributed by atoms with Crippen molar-refractivity contribution in [2.24, 2.45) is 0 Å². The number of allylic oxidation sites excluding steroid dienone is 4. The summed E-state index contributed by atoms with van der Waals surface area (Å²) in [6, 6.07) is 34.6. The zero-order valence-corrected chi connectivity index (χ0v) is 30.3. The number of hydrogen-bond donors (Lipinski definition) is 0. The first-order valence-corrected chi connectivity index (χ1v) is 19.0. The quantitative estimate of drug-likeness (QED) is 0.170. The second kappa shape index (κ2) is 12.4. The Bertz CT molecular complexity index is 3610. The summed E-state index contributed by atoms with van der Waals surface area (Å²) in [6.45, 7) is 0. The highest BCUT2D eigenvalue weighted by Gasteiger charge is 2.52. The first kappa shape index (κ1) is 23.6. The molecule has 8 aromatic carbocycles. The third-order valence-corrected chi connectivity index (χ3v) is 11.9. The summed E-state index contributed by atoms with van der Waals surface area (Å²) >= 11 is 0. The van der Waals surface area contributed by atoms with Crippen molar-refractivity contribution in [3.63, 3.8) is 0 Å². The van der Waals surface area contributed by atoms with Gasteiger partial charge >= 0.3 is 0 Å². The Morgan fingerprint density at radius 3 is 1.61 bits per heavy atom. The number of fused-ring (bicyclic) bond motifs is 17. The summed E-state index contributed by atoms with van der Waals surface area (Å²) in [5.41, 5.74) is 7.70. The molecule has 3 unspecified atom stereocenters. The Hall–Kier alpha value is -7.23. The first-order chi connectivity index (χ1) is 32.4. The van der Waals surface area contributed by atoms with Gasteiger partial charge in [0.1, 0.15) is 0 Å². The molecule has 0 aliphatic heterocycles. The van der Waals surface area contributed by atoms with Crippen LogP contribution in [0.3, 0.4) is 0 Å². The number of rotatable bonds is 3. The zero-order valence-electron chi connectivity index (χ0n) is 40.3. The minimum atomic E-state index is -0.936. The summed E-state index contributed by atoms with van der Waals surface area (Å²) in [4.78, 5) is 14.3. The van der Waals surface area contributed by atoms with Crippen molar-refractivity contribution in [2.45, 2.75) is 17.3 Å². The predicted octanol–water partition coefficient (Wildman–Crippen LogP) is 12.8.